The Morgan fingerprint density at radius 1 is 1.00 bits per heavy atom. The third-order valence-corrected chi connectivity index (χ3v) is 5.38. The Labute approximate surface area is 161 Å². The second-order valence-corrected chi connectivity index (χ2v) is 7.17. The highest BCUT2D eigenvalue weighted by atomic mass is 16.5. The molecule has 0 amide bonds. The first-order valence-corrected chi connectivity index (χ1v) is 9.72. The van der Waals surface area contributed by atoms with E-state index in [2.05, 4.69) is 42.8 Å². The van der Waals surface area contributed by atoms with Crippen LogP contribution in [-0.4, -0.2) is 41.2 Å². The van der Waals surface area contributed by atoms with Gasteiger partial charge in [-0.1, -0.05) is 13.8 Å². The molecule has 0 unspecified atom stereocenters. The summed E-state index contributed by atoms with van der Waals surface area (Å²) in [6, 6.07) is 10.3. The number of benzene rings is 2. The first kappa shape index (κ1) is 19.3. The number of rotatable bonds is 7. The van der Waals surface area contributed by atoms with Crippen molar-refractivity contribution in [3.8, 4) is 22.8 Å². The molecule has 144 valence electrons. The van der Waals surface area contributed by atoms with Gasteiger partial charge in [-0.2, -0.15) is 0 Å². The largest absolute Gasteiger partial charge is 0.507 e. The van der Waals surface area contributed by atoms with E-state index in [1.807, 2.05) is 32.0 Å². The van der Waals surface area contributed by atoms with E-state index in [1.54, 1.807) is 0 Å². The first-order chi connectivity index (χ1) is 12.9. The minimum Gasteiger partial charge on any atom is -0.507 e. The molecule has 0 atom stereocenters. The molecule has 0 spiro atoms. The van der Waals surface area contributed by atoms with Crippen LogP contribution in [0, 0.1) is 20.8 Å². The molecule has 4 nitrogen and oxygen atoms in total. The van der Waals surface area contributed by atoms with Crippen LogP contribution in [-0.2, 0) is 0 Å². The lowest BCUT2D eigenvalue weighted by Gasteiger charge is -2.18. The zero-order valence-electron chi connectivity index (χ0n) is 17.0. The predicted molar refractivity (Wildman–Crippen MR) is 113 cm³/mol. The second kappa shape index (κ2) is 8.05. The van der Waals surface area contributed by atoms with E-state index in [-0.39, 0.29) is 0 Å². The van der Waals surface area contributed by atoms with Crippen molar-refractivity contribution in [2.24, 2.45) is 0 Å². The number of hydrogen-bond acceptors (Lipinski definition) is 3. The molecule has 3 aromatic rings. The molecule has 0 bridgehead atoms. The van der Waals surface area contributed by atoms with E-state index >= 15 is 0 Å². The average Bonchev–Trinajstić information content (AvgIpc) is 2.99. The van der Waals surface area contributed by atoms with Crippen LogP contribution in [0.5, 0.6) is 11.5 Å². The maximum absolute atomic E-state index is 10.1. The van der Waals surface area contributed by atoms with Crippen molar-refractivity contribution in [2.45, 2.75) is 34.6 Å². The van der Waals surface area contributed by atoms with Crippen LogP contribution in [0.1, 0.15) is 30.5 Å². The number of fused-ring (bicyclic) bond motifs is 1. The summed E-state index contributed by atoms with van der Waals surface area (Å²) in [4.78, 5) is 5.88. The average molecular weight is 367 g/mol. The van der Waals surface area contributed by atoms with Crippen LogP contribution in [0.4, 0.5) is 0 Å². The topological polar surface area (TPSA) is 48.5 Å². The maximum atomic E-state index is 10.1. The number of aromatic amines is 1. The maximum Gasteiger partial charge on any atom is 0.121 e. The lowest BCUT2D eigenvalue weighted by molar-refractivity contribution is 0.223. The number of phenolic OH excluding ortho intramolecular Hbond substituents is 1. The summed E-state index contributed by atoms with van der Waals surface area (Å²) in [6.07, 6.45) is 0. The Morgan fingerprint density at radius 2 is 1.67 bits per heavy atom. The number of ether oxygens (including phenoxy) is 1. The zero-order valence-corrected chi connectivity index (χ0v) is 17.0. The summed E-state index contributed by atoms with van der Waals surface area (Å²) in [7, 11) is 0. The molecule has 2 aromatic carbocycles. The summed E-state index contributed by atoms with van der Waals surface area (Å²) in [5.74, 6) is 1.28. The van der Waals surface area contributed by atoms with E-state index in [4.69, 9.17) is 4.74 Å². The number of hydrogen-bond donors (Lipinski definition) is 2. The highest BCUT2D eigenvalue weighted by Gasteiger charge is 2.13. The van der Waals surface area contributed by atoms with Gasteiger partial charge in [-0.15, -0.1) is 0 Å². The molecule has 0 aliphatic carbocycles. The molecule has 0 saturated heterocycles. The van der Waals surface area contributed by atoms with Gasteiger partial charge in [0, 0.05) is 23.1 Å². The number of likely N-dealkylation sites (N-methyl/N-ethyl adjacent to an activating group) is 1. The van der Waals surface area contributed by atoms with Gasteiger partial charge < -0.3 is 19.7 Å². The molecule has 0 saturated carbocycles. The fourth-order valence-electron chi connectivity index (χ4n) is 3.62. The van der Waals surface area contributed by atoms with E-state index in [0.29, 0.717) is 12.4 Å². The molecule has 0 radical (unpaired) electrons. The summed E-state index contributed by atoms with van der Waals surface area (Å²) < 4.78 is 5.98. The predicted octanol–water partition coefficient (Wildman–Crippen LogP) is 5.19. The Hall–Kier alpha value is -2.46. The van der Waals surface area contributed by atoms with Gasteiger partial charge >= 0.3 is 0 Å². The van der Waals surface area contributed by atoms with Gasteiger partial charge in [0.05, 0.1) is 0 Å². The summed E-state index contributed by atoms with van der Waals surface area (Å²) in [6.45, 7) is 14.1. The van der Waals surface area contributed by atoms with E-state index < -0.39 is 0 Å². The fourth-order valence-corrected chi connectivity index (χ4v) is 3.62. The highest BCUT2D eigenvalue weighted by Crippen LogP contribution is 2.34. The smallest absolute Gasteiger partial charge is 0.121 e. The molecule has 27 heavy (non-hydrogen) atoms. The van der Waals surface area contributed by atoms with Gasteiger partial charge in [-0.3, -0.25) is 0 Å². The van der Waals surface area contributed by atoms with Crippen molar-refractivity contribution in [1.82, 2.24) is 9.88 Å². The van der Waals surface area contributed by atoms with Crippen molar-refractivity contribution in [2.75, 3.05) is 26.2 Å². The lowest BCUT2D eigenvalue weighted by atomic mass is 10.0. The Kier molecular flexibility index (Phi) is 5.76. The second-order valence-electron chi connectivity index (χ2n) is 7.17. The lowest BCUT2D eigenvalue weighted by Crippen LogP contribution is -2.27. The minimum absolute atomic E-state index is 0.372. The normalized spacial score (nSPS) is 11.5. The molecule has 1 heterocycles. The van der Waals surface area contributed by atoms with Crippen LogP contribution < -0.4 is 4.74 Å². The standard InChI is InChI=1S/C23H30N2O2/c1-6-25(7-2)10-11-27-19-8-9-21-20(14-19)17(5)22(24-21)18-12-15(3)23(26)16(4)13-18/h8-9,12-14,24,26H,6-7,10-11H2,1-5H3. The third-order valence-electron chi connectivity index (χ3n) is 5.38. The Bertz CT molecular complexity index is 916. The highest BCUT2D eigenvalue weighted by molar-refractivity contribution is 5.91. The SMILES string of the molecule is CCN(CC)CCOc1ccc2[nH]c(-c3cc(C)c(O)c(C)c3)c(C)c2c1. The summed E-state index contributed by atoms with van der Waals surface area (Å²) >= 11 is 0. The third kappa shape index (κ3) is 3.96. The number of nitrogens with zero attached hydrogens (tertiary/aromatic N) is 1. The van der Waals surface area contributed by atoms with Crippen LogP contribution in [0.2, 0.25) is 0 Å². The monoisotopic (exact) mass is 366 g/mol. The van der Waals surface area contributed by atoms with Crippen molar-refractivity contribution in [3.05, 3.63) is 47.0 Å². The molecule has 4 heteroatoms. The van der Waals surface area contributed by atoms with E-state index in [9.17, 15) is 5.11 Å². The van der Waals surface area contributed by atoms with Crippen molar-refractivity contribution >= 4 is 10.9 Å². The van der Waals surface area contributed by atoms with Gasteiger partial charge in [0.15, 0.2) is 0 Å². The van der Waals surface area contributed by atoms with Gasteiger partial charge in [-0.25, -0.2) is 0 Å². The number of H-pyrrole nitrogens is 1. The quantitative estimate of drug-likeness (QED) is 0.605. The van der Waals surface area contributed by atoms with Crippen molar-refractivity contribution < 1.29 is 9.84 Å². The Morgan fingerprint density at radius 3 is 2.30 bits per heavy atom. The number of aromatic hydroxyl groups is 1. The summed E-state index contributed by atoms with van der Waals surface area (Å²) in [5, 5.41) is 11.2. The number of nitrogens with one attached hydrogen (secondary N) is 1. The number of phenols is 1. The molecule has 2 N–H and O–H groups in total. The summed E-state index contributed by atoms with van der Waals surface area (Å²) in [5.41, 5.74) is 6.27. The van der Waals surface area contributed by atoms with Gasteiger partial charge in [0.2, 0.25) is 0 Å². The molecule has 0 fully saturated rings. The van der Waals surface area contributed by atoms with Crippen LogP contribution in [0.15, 0.2) is 30.3 Å². The molecule has 0 aliphatic rings. The molecular formula is C23H30N2O2. The molecule has 3 rings (SSSR count). The molecular weight excluding hydrogens is 336 g/mol. The van der Waals surface area contributed by atoms with E-state index in [0.717, 1.165) is 53.3 Å². The fraction of sp³-hybridized carbons (Fsp3) is 0.391. The van der Waals surface area contributed by atoms with Crippen molar-refractivity contribution in [1.29, 1.82) is 0 Å². The zero-order chi connectivity index (χ0) is 19.6. The minimum atomic E-state index is 0.372. The van der Waals surface area contributed by atoms with Crippen LogP contribution in [0.25, 0.3) is 22.2 Å². The first-order valence-electron chi connectivity index (χ1n) is 9.72. The van der Waals surface area contributed by atoms with Gasteiger partial charge in [0.1, 0.15) is 18.1 Å². The number of aryl methyl sites for hydroxylation is 3. The van der Waals surface area contributed by atoms with Gasteiger partial charge in [-0.05, 0) is 86.4 Å². The van der Waals surface area contributed by atoms with Gasteiger partial charge in [0.25, 0.3) is 0 Å². The van der Waals surface area contributed by atoms with Crippen LogP contribution >= 0.6 is 0 Å². The molecule has 1 aromatic heterocycles. The Balaban J connectivity index is 1.87. The van der Waals surface area contributed by atoms with E-state index in [1.165, 1.54) is 10.9 Å². The molecule has 0 aliphatic heterocycles. The van der Waals surface area contributed by atoms with Crippen molar-refractivity contribution in [3.63, 3.8) is 0 Å². The number of aromatic nitrogens is 1. The van der Waals surface area contributed by atoms with Crippen LogP contribution in [0.3, 0.4) is 0 Å².